The fourth-order valence-corrected chi connectivity index (χ4v) is 5.29. The van der Waals surface area contributed by atoms with Crippen LogP contribution in [0.25, 0.3) is 10.9 Å². The molecule has 0 aliphatic carbocycles. The van der Waals surface area contributed by atoms with Crippen LogP contribution in [0.3, 0.4) is 0 Å². The Balaban J connectivity index is 1.44. The molecule has 210 valence electrons. The minimum atomic E-state index is -4.57. The SMILES string of the molecule is C[C@@H]1Cn2c(cc3ccccc32)[C@@H](c2c(F)cc(OC3CN(C(=O)OC(C)(C)C)C3)cc2F)N1CC(F)(F)F. The van der Waals surface area contributed by atoms with Crippen LogP contribution < -0.4 is 4.74 Å². The third-order valence-corrected chi connectivity index (χ3v) is 6.96. The third-order valence-electron chi connectivity index (χ3n) is 6.96. The molecule has 3 aromatic rings. The first-order valence-electron chi connectivity index (χ1n) is 12.7. The Labute approximate surface area is 222 Å². The second-order valence-electron chi connectivity index (χ2n) is 11.2. The van der Waals surface area contributed by atoms with E-state index in [0.717, 1.165) is 27.9 Å². The van der Waals surface area contributed by atoms with Crippen molar-refractivity contribution in [2.24, 2.45) is 0 Å². The molecule has 1 saturated heterocycles. The first-order chi connectivity index (χ1) is 18.2. The van der Waals surface area contributed by atoms with Crippen molar-refractivity contribution in [1.82, 2.24) is 14.4 Å². The maximum Gasteiger partial charge on any atom is 0.410 e. The Kier molecular flexibility index (Phi) is 6.77. The molecule has 1 amide bonds. The van der Waals surface area contributed by atoms with Crippen molar-refractivity contribution in [2.45, 2.75) is 64.2 Å². The fraction of sp³-hybridized carbons (Fsp3) is 0.464. The van der Waals surface area contributed by atoms with E-state index in [0.29, 0.717) is 5.69 Å². The van der Waals surface area contributed by atoms with Gasteiger partial charge in [0.25, 0.3) is 0 Å². The summed E-state index contributed by atoms with van der Waals surface area (Å²) >= 11 is 0. The van der Waals surface area contributed by atoms with E-state index in [1.54, 1.807) is 39.8 Å². The topological polar surface area (TPSA) is 46.9 Å². The highest BCUT2D eigenvalue weighted by molar-refractivity contribution is 5.82. The average Bonchev–Trinajstić information content (AvgIpc) is 3.13. The van der Waals surface area contributed by atoms with Gasteiger partial charge in [-0.2, -0.15) is 13.2 Å². The van der Waals surface area contributed by atoms with Gasteiger partial charge in [-0.3, -0.25) is 4.90 Å². The lowest BCUT2D eigenvalue weighted by Gasteiger charge is -2.42. The van der Waals surface area contributed by atoms with E-state index in [2.05, 4.69) is 0 Å². The van der Waals surface area contributed by atoms with E-state index >= 15 is 8.78 Å². The van der Waals surface area contributed by atoms with Crippen LogP contribution in [0.4, 0.5) is 26.7 Å². The van der Waals surface area contributed by atoms with Crippen molar-refractivity contribution < 1.29 is 36.2 Å². The zero-order valence-corrected chi connectivity index (χ0v) is 22.1. The predicted octanol–water partition coefficient (Wildman–Crippen LogP) is 6.27. The van der Waals surface area contributed by atoms with Gasteiger partial charge in [-0.15, -0.1) is 0 Å². The van der Waals surface area contributed by atoms with Crippen LogP contribution in [-0.2, 0) is 11.3 Å². The summed E-state index contributed by atoms with van der Waals surface area (Å²) in [7, 11) is 0. The highest BCUT2D eigenvalue weighted by Gasteiger charge is 2.43. The molecule has 2 aliphatic rings. The Morgan fingerprint density at radius 2 is 1.64 bits per heavy atom. The molecular weight excluding hydrogens is 521 g/mol. The van der Waals surface area contributed by atoms with Gasteiger partial charge in [0, 0.05) is 41.5 Å². The van der Waals surface area contributed by atoms with Gasteiger partial charge in [-0.05, 0) is 45.2 Å². The van der Waals surface area contributed by atoms with Gasteiger partial charge in [0.05, 0.1) is 25.7 Å². The van der Waals surface area contributed by atoms with Gasteiger partial charge in [0.15, 0.2) is 0 Å². The molecule has 3 heterocycles. The van der Waals surface area contributed by atoms with Crippen LogP contribution in [0.2, 0.25) is 0 Å². The highest BCUT2D eigenvalue weighted by Crippen LogP contribution is 2.42. The monoisotopic (exact) mass is 551 g/mol. The van der Waals surface area contributed by atoms with Crippen LogP contribution in [0.15, 0.2) is 42.5 Å². The smallest absolute Gasteiger partial charge is 0.410 e. The van der Waals surface area contributed by atoms with Gasteiger partial charge in [-0.25, -0.2) is 13.6 Å². The molecule has 0 N–H and O–H groups in total. The number of carbonyl (C=O) groups excluding carboxylic acids is 1. The Hall–Kier alpha value is -3.34. The number of carbonyl (C=O) groups is 1. The molecule has 0 spiro atoms. The van der Waals surface area contributed by atoms with Crippen molar-refractivity contribution in [3.63, 3.8) is 0 Å². The van der Waals surface area contributed by atoms with Crippen molar-refractivity contribution in [1.29, 1.82) is 0 Å². The van der Waals surface area contributed by atoms with Crippen LogP contribution in [-0.4, -0.2) is 64.0 Å². The number of hydrogen-bond donors (Lipinski definition) is 0. The van der Waals surface area contributed by atoms with Gasteiger partial charge >= 0.3 is 12.3 Å². The van der Waals surface area contributed by atoms with E-state index < -0.39 is 59.8 Å². The van der Waals surface area contributed by atoms with Crippen molar-refractivity contribution in [3.05, 3.63) is 65.4 Å². The number of likely N-dealkylation sites (tertiary alicyclic amines) is 1. The number of halogens is 5. The largest absolute Gasteiger partial charge is 0.487 e. The lowest BCUT2D eigenvalue weighted by molar-refractivity contribution is -0.157. The lowest BCUT2D eigenvalue weighted by Crippen LogP contribution is -2.57. The maximum atomic E-state index is 15.6. The Bertz CT molecular complexity index is 1370. The quantitative estimate of drug-likeness (QED) is 0.359. The minimum absolute atomic E-state index is 0.102. The molecule has 6 nitrogen and oxygen atoms in total. The summed E-state index contributed by atoms with van der Waals surface area (Å²) in [5.74, 6) is -2.11. The summed E-state index contributed by atoms with van der Waals surface area (Å²) in [6, 6.07) is 9.00. The molecule has 0 bridgehead atoms. The average molecular weight is 552 g/mol. The number of para-hydroxylation sites is 1. The lowest BCUT2D eigenvalue weighted by atomic mass is 9.96. The van der Waals surface area contributed by atoms with Crippen molar-refractivity contribution in [3.8, 4) is 5.75 Å². The number of alkyl halides is 3. The molecule has 1 aromatic heterocycles. The summed E-state index contributed by atoms with van der Waals surface area (Å²) in [5.41, 5.74) is 0.0486. The first kappa shape index (κ1) is 27.2. The number of hydrogen-bond acceptors (Lipinski definition) is 4. The number of benzene rings is 2. The van der Waals surface area contributed by atoms with E-state index in [-0.39, 0.29) is 25.4 Å². The van der Waals surface area contributed by atoms with E-state index in [4.69, 9.17) is 9.47 Å². The molecule has 2 atom stereocenters. The summed E-state index contributed by atoms with van der Waals surface area (Å²) < 4.78 is 84.9. The number of amides is 1. The molecule has 11 heteroatoms. The van der Waals surface area contributed by atoms with Gasteiger partial charge in [0.1, 0.15) is 29.1 Å². The van der Waals surface area contributed by atoms with Crippen LogP contribution in [0.5, 0.6) is 5.75 Å². The zero-order chi connectivity index (χ0) is 28.3. The Morgan fingerprint density at radius 3 is 2.26 bits per heavy atom. The van der Waals surface area contributed by atoms with Crippen LogP contribution in [0.1, 0.15) is 45.0 Å². The van der Waals surface area contributed by atoms with E-state index in [9.17, 15) is 18.0 Å². The van der Waals surface area contributed by atoms with Crippen LogP contribution in [0, 0.1) is 11.6 Å². The maximum absolute atomic E-state index is 15.6. The molecule has 2 aliphatic heterocycles. The van der Waals surface area contributed by atoms with Crippen molar-refractivity contribution in [2.75, 3.05) is 19.6 Å². The molecule has 0 unspecified atom stereocenters. The van der Waals surface area contributed by atoms with Crippen molar-refractivity contribution >= 4 is 17.0 Å². The number of nitrogens with zero attached hydrogens (tertiary/aromatic N) is 3. The molecular formula is C28H30F5N3O3. The summed E-state index contributed by atoms with van der Waals surface area (Å²) in [4.78, 5) is 14.6. The highest BCUT2D eigenvalue weighted by atomic mass is 19.4. The standard InChI is InChI=1S/C28H30F5N3O3/c1-16-12-35-22-8-6-5-7-17(22)9-23(35)25(36(16)15-28(31,32)33)24-20(29)10-18(11-21(24)30)38-19-13-34(14-19)26(37)39-27(2,3)4/h5-11,16,19,25H,12-15H2,1-4H3/t16-,25+/m1/s1. The second kappa shape index (κ2) is 9.69. The molecule has 5 rings (SSSR count). The predicted molar refractivity (Wildman–Crippen MR) is 135 cm³/mol. The summed E-state index contributed by atoms with van der Waals surface area (Å²) in [6.45, 7) is 6.14. The number of fused-ring (bicyclic) bond motifs is 3. The molecule has 2 aromatic carbocycles. The normalized spacial score (nSPS) is 20.6. The molecule has 39 heavy (non-hydrogen) atoms. The van der Waals surface area contributed by atoms with Gasteiger partial charge in [-0.1, -0.05) is 18.2 Å². The second-order valence-corrected chi connectivity index (χ2v) is 11.2. The molecule has 0 saturated carbocycles. The summed E-state index contributed by atoms with van der Waals surface area (Å²) in [6.07, 6.45) is -5.58. The first-order valence-corrected chi connectivity index (χ1v) is 12.7. The summed E-state index contributed by atoms with van der Waals surface area (Å²) in [5, 5.41) is 0.777. The van der Waals surface area contributed by atoms with Gasteiger partial charge < -0.3 is 18.9 Å². The minimum Gasteiger partial charge on any atom is -0.487 e. The van der Waals surface area contributed by atoms with E-state index in [1.807, 2.05) is 22.8 Å². The zero-order valence-electron chi connectivity index (χ0n) is 22.1. The number of aromatic nitrogens is 1. The van der Waals surface area contributed by atoms with Gasteiger partial charge in [0.2, 0.25) is 0 Å². The molecule has 1 fully saturated rings. The third kappa shape index (κ3) is 5.54. The molecule has 0 radical (unpaired) electrons. The van der Waals surface area contributed by atoms with Crippen LogP contribution >= 0.6 is 0 Å². The van der Waals surface area contributed by atoms with E-state index in [1.165, 1.54) is 4.90 Å². The number of rotatable bonds is 4. The fourth-order valence-electron chi connectivity index (χ4n) is 5.29. The number of ether oxygens (including phenoxy) is 2. The Morgan fingerprint density at radius 1 is 1.00 bits per heavy atom.